The second-order valence-corrected chi connectivity index (χ2v) is 3.70. The summed E-state index contributed by atoms with van der Waals surface area (Å²) in [5, 5.41) is 0. The summed E-state index contributed by atoms with van der Waals surface area (Å²) in [5.41, 5.74) is 0. The molecule has 0 heterocycles. The third kappa shape index (κ3) is 8.01. The molecule has 0 radical (unpaired) electrons. The van der Waals surface area contributed by atoms with E-state index in [1.54, 1.807) is 0 Å². The fraction of sp³-hybridized carbons (Fsp3) is 1.00. The smallest absolute Gasteiger partial charge is 0.324 e. The fourth-order valence-electron chi connectivity index (χ4n) is 0.452. The molecule has 0 saturated carbocycles. The fourth-order valence-corrected chi connectivity index (χ4v) is 1.05. The minimum Gasteiger partial charge on any atom is -0.324 e. The van der Waals surface area contributed by atoms with E-state index in [9.17, 15) is 13.3 Å². The molecule has 0 saturated heterocycles. The SMILES string of the molecule is O=P(O)(O)CCCC(F)F. The Balaban J connectivity index is 3.30. The van der Waals surface area contributed by atoms with Gasteiger partial charge in [-0.1, -0.05) is 0 Å². The molecule has 0 unspecified atom stereocenters. The van der Waals surface area contributed by atoms with Crippen molar-refractivity contribution in [2.24, 2.45) is 0 Å². The van der Waals surface area contributed by atoms with Crippen LogP contribution in [0.1, 0.15) is 12.8 Å². The summed E-state index contributed by atoms with van der Waals surface area (Å²) < 4.78 is 32.8. The second kappa shape index (κ2) is 4.01. The Morgan fingerprint density at radius 1 is 1.40 bits per heavy atom. The summed E-state index contributed by atoms with van der Waals surface area (Å²) in [4.78, 5) is 16.4. The molecule has 0 aromatic heterocycles. The topological polar surface area (TPSA) is 57.5 Å². The Hall–Kier alpha value is 0.01000. The minimum absolute atomic E-state index is 0.123. The molecule has 0 bridgehead atoms. The number of rotatable bonds is 4. The molecule has 0 fully saturated rings. The minimum atomic E-state index is -4.06. The monoisotopic (exact) mass is 174 g/mol. The molecular formula is C4H9F2O3P. The normalized spacial score (nSPS) is 12.5. The Morgan fingerprint density at radius 3 is 2.20 bits per heavy atom. The van der Waals surface area contributed by atoms with E-state index in [1.807, 2.05) is 0 Å². The molecule has 0 aliphatic rings. The summed E-state index contributed by atoms with van der Waals surface area (Å²) in [6, 6.07) is 0. The average molecular weight is 174 g/mol. The van der Waals surface area contributed by atoms with Gasteiger partial charge in [-0.05, 0) is 6.42 Å². The van der Waals surface area contributed by atoms with Gasteiger partial charge in [0.15, 0.2) is 0 Å². The molecule has 3 nitrogen and oxygen atoms in total. The number of hydrogen-bond donors (Lipinski definition) is 2. The van der Waals surface area contributed by atoms with Crippen LogP contribution in [0.5, 0.6) is 0 Å². The van der Waals surface area contributed by atoms with Crippen molar-refractivity contribution in [3.05, 3.63) is 0 Å². The predicted molar refractivity (Wildman–Crippen MR) is 32.1 cm³/mol. The quantitative estimate of drug-likeness (QED) is 0.629. The van der Waals surface area contributed by atoms with Crippen molar-refractivity contribution in [3.8, 4) is 0 Å². The molecule has 0 aliphatic heterocycles. The molecular weight excluding hydrogens is 165 g/mol. The van der Waals surface area contributed by atoms with Gasteiger partial charge in [0.05, 0.1) is 6.16 Å². The van der Waals surface area contributed by atoms with Crippen LogP contribution in [0.4, 0.5) is 8.78 Å². The standard InChI is InChI=1S/C4H9F2O3P/c5-4(6)2-1-3-10(7,8)9/h4H,1-3H2,(H2,7,8,9). The molecule has 6 heteroatoms. The Morgan fingerprint density at radius 2 is 1.90 bits per heavy atom. The zero-order valence-corrected chi connectivity index (χ0v) is 6.10. The first kappa shape index (κ1) is 10.0. The van der Waals surface area contributed by atoms with Gasteiger partial charge in [-0.15, -0.1) is 0 Å². The van der Waals surface area contributed by atoms with Gasteiger partial charge in [0.25, 0.3) is 0 Å². The summed E-state index contributed by atoms with van der Waals surface area (Å²) >= 11 is 0. The Bertz CT molecular complexity index is 132. The third-order valence-corrected chi connectivity index (χ3v) is 1.77. The summed E-state index contributed by atoms with van der Waals surface area (Å²) in [6.07, 6.45) is -3.48. The zero-order chi connectivity index (χ0) is 8.20. The van der Waals surface area contributed by atoms with Crippen molar-refractivity contribution in [1.82, 2.24) is 0 Å². The van der Waals surface area contributed by atoms with Gasteiger partial charge < -0.3 is 9.79 Å². The maximum Gasteiger partial charge on any atom is 0.325 e. The first-order valence-corrected chi connectivity index (χ1v) is 4.54. The highest BCUT2D eigenvalue weighted by atomic mass is 31.2. The van der Waals surface area contributed by atoms with Crippen molar-refractivity contribution >= 4 is 7.60 Å². The largest absolute Gasteiger partial charge is 0.325 e. The third-order valence-electron chi connectivity index (χ3n) is 0.872. The maximum absolute atomic E-state index is 11.4. The molecule has 10 heavy (non-hydrogen) atoms. The molecule has 62 valence electrons. The van der Waals surface area contributed by atoms with Crippen molar-refractivity contribution < 1.29 is 23.1 Å². The molecule has 0 aliphatic carbocycles. The van der Waals surface area contributed by atoms with E-state index in [0.717, 1.165) is 0 Å². The molecule has 0 rings (SSSR count). The summed E-state index contributed by atoms with van der Waals surface area (Å²) in [7, 11) is -4.06. The van der Waals surface area contributed by atoms with E-state index in [0.29, 0.717) is 0 Å². The van der Waals surface area contributed by atoms with Gasteiger partial charge in [0, 0.05) is 6.42 Å². The van der Waals surface area contributed by atoms with Gasteiger partial charge in [0.2, 0.25) is 6.43 Å². The van der Waals surface area contributed by atoms with Crippen molar-refractivity contribution in [2.45, 2.75) is 19.3 Å². The van der Waals surface area contributed by atoms with Crippen LogP contribution in [0, 0.1) is 0 Å². The first-order valence-electron chi connectivity index (χ1n) is 2.74. The van der Waals surface area contributed by atoms with E-state index in [1.165, 1.54) is 0 Å². The van der Waals surface area contributed by atoms with Gasteiger partial charge in [-0.25, -0.2) is 8.78 Å². The van der Waals surface area contributed by atoms with Crippen LogP contribution >= 0.6 is 7.60 Å². The van der Waals surface area contributed by atoms with Gasteiger partial charge in [-0.2, -0.15) is 0 Å². The van der Waals surface area contributed by atoms with E-state index in [4.69, 9.17) is 9.79 Å². The van der Waals surface area contributed by atoms with E-state index in [2.05, 4.69) is 0 Å². The summed E-state index contributed by atoms with van der Waals surface area (Å²) in [5.74, 6) is 0. The Labute approximate surface area is 57.2 Å². The highest BCUT2D eigenvalue weighted by molar-refractivity contribution is 7.51. The lowest BCUT2D eigenvalue weighted by molar-refractivity contribution is 0.136. The molecule has 0 aromatic carbocycles. The number of hydrogen-bond acceptors (Lipinski definition) is 1. The van der Waals surface area contributed by atoms with Crippen molar-refractivity contribution in [1.29, 1.82) is 0 Å². The van der Waals surface area contributed by atoms with Crippen LogP contribution in [0.15, 0.2) is 0 Å². The molecule has 0 atom stereocenters. The van der Waals surface area contributed by atoms with Crippen LogP contribution in [0.25, 0.3) is 0 Å². The van der Waals surface area contributed by atoms with Crippen molar-refractivity contribution in [2.75, 3.05) is 6.16 Å². The number of halogens is 2. The second-order valence-electron chi connectivity index (χ2n) is 1.92. The molecule has 0 spiro atoms. The number of alkyl halides is 2. The zero-order valence-electron chi connectivity index (χ0n) is 5.20. The van der Waals surface area contributed by atoms with Crippen LogP contribution in [0.2, 0.25) is 0 Å². The lowest BCUT2D eigenvalue weighted by Crippen LogP contribution is -1.94. The van der Waals surface area contributed by atoms with Gasteiger partial charge >= 0.3 is 7.60 Å². The average Bonchev–Trinajstić information content (AvgIpc) is 1.59. The van der Waals surface area contributed by atoms with Gasteiger partial charge in [0.1, 0.15) is 0 Å². The lowest BCUT2D eigenvalue weighted by atomic mass is 10.4. The van der Waals surface area contributed by atoms with Crippen LogP contribution in [0.3, 0.4) is 0 Å². The highest BCUT2D eigenvalue weighted by Crippen LogP contribution is 2.35. The van der Waals surface area contributed by atoms with Crippen LogP contribution < -0.4 is 0 Å². The highest BCUT2D eigenvalue weighted by Gasteiger charge is 2.13. The predicted octanol–water partition coefficient (Wildman–Crippen LogP) is 1.21. The molecule has 0 aromatic rings. The van der Waals surface area contributed by atoms with Crippen LogP contribution in [-0.2, 0) is 4.57 Å². The maximum atomic E-state index is 11.4. The summed E-state index contributed by atoms with van der Waals surface area (Å²) in [6.45, 7) is 0. The molecule has 2 N–H and O–H groups in total. The van der Waals surface area contributed by atoms with E-state index >= 15 is 0 Å². The van der Waals surface area contributed by atoms with E-state index < -0.39 is 26.6 Å². The lowest BCUT2D eigenvalue weighted by Gasteiger charge is -2.01. The first-order chi connectivity index (χ1) is 4.42. The van der Waals surface area contributed by atoms with Crippen LogP contribution in [-0.4, -0.2) is 22.4 Å². The Kier molecular flexibility index (Phi) is 4.01. The molecule has 0 amide bonds. The van der Waals surface area contributed by atoms with E-state index in [-0.39, 0.29) is 6.42 Å². The van der Waals surface area contributed by atoms with Crippen molar-refractivity contribution in [3.63, 3.8) is 0 Å². The van der Waals surface area contributed by atoms with Gasteiger partial charge in [-0.3, -0.25) is 4.57 Å².